The Morgan fingerprint density at radius 2 is 2.00 bits per heavy atom. The molecule has 0 aromatic rings. The van der Waals surface area contributed by atoms with Gasteiger partial charge in [0.1, 0.15) is 0 Å². The van der Waals surface area contributed by atoms with E-state index in [1.807, 2.05) is 5.48 Å². The number of hydroxylamine groups is 1. The van der Waals surface area contributed by atoms with Gasteiger partial charge in [-0.1, -0.05) is 0 Å². The highest BCUT2D eigenvalue weighted by Gasteiger charge is 1.87. The van der Waals surface area contributed by atoms with Crippen LogP contribution in [0.2, 0.25) is 0 Å². The molecule has 0 spiro atoms. The molecule has 66 valence electrons. The van der Waals surface area contributed by atoms with Crippen LogP contribution >= 0.6 is 0 Å². The summed E-state index contributed by atoms with van der Waals surface area (Å²) >= 11 is 0. The Kier molecular flexibility index (Phi) is 8.80. The maximum atomic E-state index is 9.64. The average Bonchev–Trinajstić information content (AvgIpc) is 2.03. The zero-order valence-electron chi connectivity index (χ0n) is 6.54. The molecule has 0 aliphatic heterocycles. The van der Waals surface area contributed by atoms with Crippen molar-refractivity contribution in [2.24, 2.45) is 0 Å². The van der Waals surface area contributed by atoms with Crippen molar-refractivity contribution < 1.29 is 19.1 Å². The van der Waals surface area contributed by atoms with Crippen LogP contribution < -0.4 is 5.48 Å². The minimum atomic E-state index is 0.350. The minimum absolute atomic E-state index is 0.350. The fourth-order valence-corrected chi connectivity index (χ4v) is 0.438. The van der Waals surface area contributed by atoms with E-state index in [9.17, 15) is 4.79 Å². The molecule has 11 heavy (non-hydrogen) atoms. The molecule has 0 aromatic heterocycles. The monoisotopic (exact) mass is 163 g/mol. The number of amides is 1. The standard InChI is InChI=1S/C6H13NO4/c1-9-2-3-10-4-5-11-7-6-8/h6H,2-5H2,1H3,(H,7,8). The molecule has 5 nitrogen and oxygen atoms in total. The molecular formula is C6H13NO4. The van der Waals surface area contributed by atoms with Crippen molar-refractivity contribution in [3.05, 3.63) is 0 Å². The highest BCUT2D eigenvalue weighted by atomic mass is 16.7. The molecular weight excluding hydrogens is 150 g/mol. The molecule has 0 bridgehead atoms. The predicted molar refractivity (Wildman–Crippen MR) is 37.8 cm³/mol. The van der Waals surface area contributed by atoms with Gasteiger partial charge in [-0.2, -0.15) is 0 Å². The van der Waals surface area contributed by atoms with Crippen molar-refractivity contribution in [1.82, 2.24) is 5.48 Å². The topological polar surface area (TPSA) is 56.8 Å². The molecule has 0 aromatic carbocycles. The zero-order valence-corrected chi connectivity index (χ0v) is 6.54. The molecule has 0 heterocycles. The first-order chi connectivity index (χ1) is 5.41. The van der Waals surface area contributed by atoms with Crippen LogP contribution in [0.5, 0.6) is 0 Å². The molecule has 0 unspecified atom stereocenters. The fraction of sp³-hybridized carbons (Fsp3) is 0.833. The molecule has 0 rings (SSSR count). The lowest BCUT2D eigenvalue weighted by Gasteiger charge is -2.02. The van der Waals surface area contributed by atoms with Gasteiger partial charge in [0.15, 0.2) is 0 Å². The van der Waals surface area contributed by atoms with Crippen LogP contribution in [0.15, 0.2) is 0 Å². The van der Waals surface area contributed by atoms with Crippen LogP contribution in [0, 0.1) is 0 Å². The lowest BCUT2D eigenvalue weighted by Crippen LogP contribution is -2.16. The van der Waals surface area contributed by atoms with Gasteiger partial charge in [-0.25, -0.2) is 5.48 Å². The Bertz CT molecular complexity index is 88.7. The van der Waals surface area contributed by atoms with Crippen molar-refractivity contribution in [2.75, 3.05) is 33.5 Å². The van der Waals surface area contributed by atoms with Crippen LogP contribution in [0.3, 0.4) is 0 Å². The maximum Gasteiger partial charge on any atom is 0.230 e. The summed E-state index contributed by atoms with van der Waals surface area (Å²) in [6.07, 6.45) is 0.467. The van der Waals surface area contributed by atoms with E-state index >= 15 is 0 Å². The van der Waals surface area contributed by atoms with E-state index in [1.165, 1.54) is 0 Å². The Morgan fingerprint density at radius 3 is 2.64 bits per heavy atom. The summed E-state index contributed by atoms with van der Waals surface area (Å²) in [7, 11) is 1.60. The van der Waals surface area contributed by atoms with Crippen molar-refractivity contribution in [2.45, 2.75) is 0 Å². The van der Waals surface area contributed by atoms with Gasteiger partial charge in [0.25, 0.3) is 0 Å². The highest BCUT2D eigenvalue weighted by Crippen LogP contribution is 1.75. The number of carbonyl (C=O) groups excluding carboxylic acids is 1. The van der Waals surface area contributed by atoms with Crippen LogP contribution in [0.1, 0.15) is 0 Å². The van der Waals surface area contributed by atoms with Gasteiger partial charge in [0.2, 0.25) is 6.41 Å². The molecule has 0 saturated carbocycles. The van der Waals surface area contributed by atoms with E-state index in [0.717, 1.165) is 0 Å². The maximum absolute atomic E-state index is 9.64. The highest BCUT2D eigenvalue weighted by molar-refractivity contribution is 5.43. The normalized spacial score (nSPS) is 9.55. The Morgan fingerprint density at radius 1 is 1.27 bits per heavy atom. The van der Waals surface area contributed by atoms with E-state index in [0.29, 0.717) is 32.8 Å². The summed E-state index contributed by atoms with van der Waals surface area (Å²) in [5.74, 6) is 0. The van der Waals surface area contributed by atoms with E-state index < -0.39 is 0 Å². The van der Waals surface area contributed by atoms with Gasteiger partial charge in [-0.3, -0.25) is 9.63 Å². The fourth-order valence-electron chi connectivity index (χ4n) is 0.438. The first-order valence-corrected chi connectivity index (χ1v) is 3.29. The minimum Gasteiger partial charge on any atom is -0.382 e. The van der Waals surface area contributed by atoms with Gasteiger partial charge in [0.05, 0.1) is 26.4 Å². The molecule has 1 N–H and O–H groups in total. The SMILES string of the molecule is COCCOCCONC=O. The van der Waals surface area contributed by atoms with Crippen LogP contribution in [0.25, 0.3) is 0 Å². The summed E-state index contributed by atoms with van der Waals surface area (Å²) in [4.78, 5) is 14.2. The van der Waals surface area contributed by atoms with Crippen LogP contribution in [-0.2, 0) is 19.1 Å². The second-order valence-corrected chi connectivity index (χ2v) is 1.69. The second kappa shape index (κ2) is 9.35. The number of hydrogen-bond acceptors (Lipinski definition) is 4. The number of nitrogens with one attached hydrogen (secondary N) is 1. The zero-order chi connectivity index (χ0) is 8.36. The van der Waals surface area contributed by atoms with Gasteiger partial charge < -0.3 is 9.47 Å². The third-order valence-electron chi connectivity index (χ3n) is 0.893. The molecule has 0 atom stereocenters. The number of rotatable bonds is 8. The third-order valence-corrected chi connectivity index (χ3v) is 0.893. The van der Waals surface area contributed by atoms with E-state index in [1.54, 1.807) is 7.11 Å². The summed E-state index contributed by atoms with van der Waals surface area (Å²) < 4.78 is 9.75. The van der Waals surface area contributed by atoms with Crippen molar-refractivity contribution in [3.8, 4) is 0 Å². The quantitative estimate of drug-likeness (QED) is 0.293. The van der Waals surface area contributed by atoms with E-state index in [-0.39, 0.29) is 0 Å². The number of ether oxygens (including phenoxy) is 2. The molecule has 0 radical (unpaired) electrons. The lowest BCUT2D eigenvalue weighted by atomic mass is 10.7. The largest absolute Gasteiger partial charge is 0.382 e. The number of hydrogen-bond donors (Lipinski definition) is 1. The summed E-state index contributed by atoms with van der Waals surface area (Å²) in [6.45, 7) is 1.91. The summed E-state index contributed by atoms with van der Waals surface area (Å²) in [5, 5.41) is 0. The molecule has 0 aliphatic rings. The van der Waals surface area contributed by atoms with Gasteiger partial charge in [0, 0.05) is 7.11 Å². The Hall–Kier alpha value is -0.650. The van der Waals surface area contributed by atoms with Gasteiger partial charge in [-0.05, 0) is 0 Å². The Labute approximate surface area is 65.6 Å². The summed E-state index contributed by atoms with van der Waals surface area (Å²) in [6, 6.07) is 0. The second-order valence-electron chi connectivity index (χ2n) is 1.69. The van der Waals surface area contributed by atoms with E-state index in [4.69, 9.17) is 9.47 Å². The molecule has 0 aliphatic carbocycles. The van der Waals surface area contributed by atoms with Crippen LogP contribution in [-0.4, -0.2) is 39.9 Å². The van der Waals surface area contributed by atoms with Crippen molar-refractivity contribution >= 4 is 6.41 Å². The molecule has 1 amide bonds. The molecule has 5 heteroatoms. The first kappa shape index (κ1) is 10.3. The summed E-state index contributed by atoms with van der Waals surface area (Å²) in [5.41, 5.74) is 2.05. The molecule has 0 saturated heterocycles. The number of methoxy groups -OCH3 is 1. The van der Waals surface area contributed by atoms with Crippen molar-refractivity contribution in [1.29, 1.82) is 0 Å². The molecule has 0 fully saturated rings. The number of carbonyl (C=O) groups is 1. The lowest BCUT2D eigenvalue weighted by molar-refractivity contribution is -0.122. The van der Waals surface area contributed by atoms with Crippen molar-refractivity contribution in [3.63, 3.8) is 0 Å². The van der Waals surface area contributed by atoms with E-state index in [2.05, 4.69) is 4.84 Å². The third kappa shape index (κ3) is 9.35. The predicted octanol–water partition coefficient (Wildman–Crippen LogP) is -0.673. The smallest absolute Gasteiger partial charge is 0.230 e. The van der Waals surface area contributed by atoms with Gasteiger partial charge >= 0.3 is 0 Å². The average molecular weight is 163 g/mol. The van der Waals surface area contributed by atoms with Crippen LogP contribution in [0.4, 0.5) is 0 Å². The van der Waals surface area contributed by atoms with Gasteiger partial charge in [-0.15, -0.1) is 0 Å². The Balaban J connectivity index is 2.74. The first-order valence-electron chi connectivity index (χ1n) is 3.29.